The summed E-state index contributed by atoms with van der Waals surface area (Å²) in [5.41, 5.74) is 0.605. The van der Waals surface area contributed by atoms with E-state index in [9.17, 15) is 13.2 Å². The number of hydrogen-bond acceptors (Lipinski definition) is 7. The Hall–Kier alpha value is -2.33. The minimum absolute atomic E-state index is 0.0670. The van der Waals surface area contributed by atoms with Gasteiger partial charge in [0.05, 0.1) is 6.26 Å². The van der Waals surface area contributed by atoms with E-state index in [0.717, 1.165) is 0 Å². The van der Waals surface area contributed by atoms with Crippen molar-refractivity contribution in [1.82, 2.24) is 24.8 Å². The van der Waals surface area contributed by atoms with E-state index in [-0.39, 0.29) is 11.8 Å². The van der Waals surface area contributed by atoms with E-state index in [0.29, 0.717) is 56.4 Å². The van der Waals surface area contributed by atoms with Crippen molar-refractivity contribution in [3.63, 3.8) is 0 Å². The largest absolute Gasteiger partial charge is 0.419 e. The Morgan fingerprint density at radius 3 is 2.73 bits per heavy atom. The first-order valence-electron chi connectivity index (χ1n) is 8.40. The quantitative estimate of drug-likeness (QED) is 0.774. The molecule has 1 saturated heterocycles. The van der Waals surface area contributed by atoms with Crippen molar-refractivity contribution >= 4 is 15.9 Å². The lowest BCUT2D eigenvalue weighted by Gasteiger charge is -2.29. The van der Waals surface area contributed by atoms with E-state index in [2.05, 4.69) is 20.5 Å². The molecule has 0 aliphatic carbocycles. The van der Waals surface area contributed by atoms with Crippen LogP contribution >= 0.6 is 0 Å². The van der Waals surface area contributed by atoms with Gasteiger partial charge in [0.15, 0.2) is 0 Å². The topological polar surface area (TPSA) is 118 Å². The number of nitrogens with one attached hydrogen (secondary N) is 1. The standard InChI is InChI=1S/C16H21N5O4S/c1-26(23,24)21-10-6-12(7-11-21)15(22)18-9-5-14-19-20-16(25-14)13-4-2-3-8-17-13/h2-4,8,12H,5-7,9-11H2,1H3,(H,18,22). The molecule has 1 aliphatic heterocycles. The van der Waals surface area contributed by atoms with Crippen LogP contribution in [0.25, 0.3) is 11.6 Å². The van der Waals surface area contributed by atoms with Crippen molar-refractivity contribution in [3.8, 4) is 11.6 Å². The monoisotopic (exact) mass is 379 g/mol. The number of carbonyl (C=O) groups excluding carboxylic acids is 1. The predicted molar refractivity (Wildman–Crippen MR) is 93.4 cm³/mol. The molecule has 3 heterocycles. The van der Waals surface area contributed by atoms with Crippen molar-refractivity contribution in [2.24, 2.45) is 5.92 Å². The number of nitrogens with zero attached hydrogens (tertiary/aromatic N) is 4. The van der Waals surface area contributed by atoms with Gasteiger partial charge in [0.25, 0.3) is 5.89 Å². The van der Waals surface area contributed by atoms with Crippen LogP contribution in [0, 0.1) is 5.92 Å². The molecule has 1 aliphatic rings. The summed E-state index contributed by atoms with van der Waals surface area (Å²) in [5.74, 6) is 0.542. The fraction of sp³-hybridized carbons (Fsp3) is 0.500. The number of aromatic nitrogens is 3. The highest BCUT2D eigenvalue weighted by molar-refractivity contribution is 7.88. The van der Waals surface area contributed by atoms with Crippen LogP contribution in [-0.2, 0) is 21.2 Å². The summed E-state index contributed by atoms with van der Waals surface area (Å²) >= 11 is 0. The van der Waals surface area contributed by atoms with E-state index < -0.39 is 10.0 Å². The molecule has 0 bridgehead atoms. The van der Waals surface area contributed by atoms with Gasteiger partial charge in [-0.1, -0.05) is 6.07 Å². The third kappa shape index (κ3) is 4.64. The molecule has 10 heteroatoms. The highest BCUT2D eigenvalue weighted by Gasteiger charge is 2.28. The Morgan fingerprint density at radius 2 is 2.08 bits per heavy atom. The van der Waals surface area contributed by atoms with Gasteiger partial charge in [-0.25, -0.2) is 12.7 Å². The van der Waals surface area contributed by atoms with Crippen molar-refractivity contribution in [3.05, 3.63) is 30.3 Å². The number of pyridine rings is 1. The second-order valence-corrected chi connectivity index (χ2v) is 8.18. The maximum Gasteiger partial charge on any atom is 0.266 e. The van der Waals surface area contributed by atoms with E-state index in [1.807, 2.05) is 6.07 Å². The fourth-order valence-corrected chi connectivity index (χ4v) is 3.71. The first-order valence-corrected chi connectivity index (χ1v) is 10.2. The zero-order valence-corrected chi connectivity index (χ0v) is 15.3. The molecular weight excluding hydrogens is 358 g/mol. The van der Waals surface area contributed by atoms with Gasteiger partial charge in [0.1, 0.15) is 5.69 Å². The molecule has 140 valence electrons. The van der Waals surface area contributed by atoms with Crippen molar-refractivity contribution in [2.75, 3.05) is 25.9 Å². The Balaban J connectivity index is 1.44. The van der Waals surface area contributed by atoms with Crippen LogP contribution in [0.4, 0.5) is 0 Å². The van der Waals surface area contributed by atoms with E-state index in [1.54, 1.807) is 18.3 Å². The minimum Gasteiger partial charge on any atom is -0.419 e. The Morgan fingerprint density at radius 1 is 1.31 bits per heavy atom. The first-order chi connectivity index (χ1) is 12.4. The van der Waals surface area contributed by atoms with Gasteiger partial charge in [-0.2, -0.15) is 0 Å². The smallest absolute Gasteiger partial charge is 0.266 e. The summed E-state index contributed by atoms with van der Waals surface area (Å²) in [7, 11) is -3.18. The maximum atomic E-state index is 12.2. The van der Waals surface area contributed by atoms with Crippen LogP contribution in [0.3, 0.4) is 0 Å². The summed E-state index contributed by atoms with van der Waals surface area (Å²) in [5, 5.41) is 10.8. The number of sulfonamides is 1. The third-order valence-corrected chi connectivity index (χ3v) is 5.59. The first kappa shape index (κ1) is 18.5. The molecule has 2 aromatic rings. The summed E-state index contributed by atoms with van der Waals surface area (Å²) in [4.78, 5) is 16.4. The maximum absolute atomic E-state index is 12.2. The number of amides is 1. The molecule has 0 unspecified atom stereocenters. The van der Waals surface area contributed by atoms with Gasteiger partial charge < -0.3 is 9.73 Å². The van der Waals surface area contributed by atoms with Crippen LogP contribution in [0.2, 0.25) is 0 Å². The van der Waals surface area contributed by atoms with Gasteiger partial charge in [0, 0.05) is 38.2 Å². The molecule has 26 heavy (non-hydrogen) atoms. The lowest BCUT2D eigenvalue weighted by molar-refractivity contribution is -0.126. The van der Waals surface area contributed by atoms with Gasteiger partial charge in [0.2, 0.25) is 21.8 Å². The molecule has 1 amide bonds. The Labute approximate surface area is 151 Å². The normalized spacial score (nSPS) is 16.5. The Kier molecular flexibility index (Phi) is 5.62. The summed E-state index contributed by atoms with van der Waals surface area (Å²) in [6.07, 6.45) is 4.33. The average Bonchev–Trinajstić information content (AvgIpc) is 3.11. The molecule has 0 saturated carbocycles. The van der Waals surface area contributed by atoms with Gasteiger partial charge in [-0.3, -0.25) is 9.78 Å². The molecule has 0 radical (unpaired) electrons. The van der Waals surface area contributed by atoms with Crippen molar-refractivity contribution < 1.29 is 17.6 Å². The lowest BCUT2D eigenvalue weighted by Crippen LogP contribution is -2.42. The lowest BCUT2D eigenvalue weighted by atomic mass is 9.97. The molecule has 0 aromatic carbocycles. The summed E-state index contributed by atoms with van der Waals surface area (Å²) < 4.78 is 29.9. The molecule has 1 fully saturated rings. The van der Waals surface area contributed by atoms with Crippen LogP contribution in [0.15, 0.2) is 28.8 Å². The second kappa shape index (κ2) is 7.92. The van der Waals surface area contributed by atoms with Crippen molar-refractivity contribution in [1.29, 1.82) is 0 Å². The van der Waals surface area contributed by atoms with Crippen molar-refractivity contribution in [2.45, 2.75) is 19.3 Å². The van der Waals surface area contributed by atoms with Crippen LogP contribution in [0.5, 0.6) is 0 Å². The third-order valence-electron chi connectivity index (χ3n) is 4.28. The molecule has 9 nitrogen and oxygen atoms in total. The molecule has 2 aromatic heterocycles. The Bertz CT molecular complexity index is 845. The number of hydrogen-bond donors (Lipinski definition) is 1. The molecular formula is C16H21N5O4S. The number of piperidine rings is 1. The van der Waals surface area contributed by atoms with Gasteiger partial charge in [-0.15, -0.1) is 10.2 Å². The average molecular weight is 379 g/mol. The molecule has 0 atom stereocenters. The number of rotatable bonds is 6. The van der Waals surface area contributed by atoms with Crippen LogP contribution in [-0.4, -0.2) is 59.7 Å². The highest BCUT2D eigenvalue weighted by atomic mass is 32.2. The number of carbonyl (C=O) groups is 1. The zero-order valence-electron chi connectivity index (χ0n) is 14.5. The SMILES string of the molecule is CS(=O)(=O)N1CCC(C(=O)NCCc2nnc(-c3ccccn3)o2)CC1. The van der Waals surface area contributed by atoms with Gasteiger partial charge >= 0.3 is 0 Å². The summed E-state index contributed by atoms with van der Waals surface area (Å²) in [6, 6.07) is 5.42. The van der Waals surface area contributed by atoms with E-state index in [1.165, 1.54) is 10.6 Å². The minimum atomic E-state index is -3.18. The molecule has 1 N–H and O–H groups in total. The van der Waals surface area contributed by atoms with Crippen LogP contribution in [0.1, 0.15) is 18.7 Å². The van der Waals surface area contributed by atoms with E-state index >= 15 is 0 Å². The van der Waals surface area contributed by atoms with Gasteiger partial charge in [-0.05, 0) is 25.0 Å². The van der Waals surface area contributed by atoms with Crippen LogP contribution < -0.4 is 5.32 Å². The highest BCUT2D eigenvalue weighted by Crippen LogP contribution is 2.19. The van der Waals surface area contributed by atoms with E-state index in [4.69, 9.17) is 4.42 Å². The zero-order chi connectivity index (χ0) is 18.6. The fourth-order valence-electron chi connectivity index (χ4n) is 2.83. The summed E-state index contributed by atoms with van der Waals surface area (Å²) in [6.45, 7) is 1.15. The molecule has 3 rings (SSSR count). The predicted octanol–water partition coefficient (Wildman–Crippen LogP) is 0.462. The second-order valence-electron chi connectivity index (χ2n) is 6.19. The molecule has 0 spiro atoms.